The van der Waals surface area contributed by atoms with Crippen LogP contribution in [-0.2, 0) is 10.5 Å². The molecule has 1 aliphatic rings. The maximum Gasteiger partial charge on any atom is 0.311 e. The Balaban J connectivity index is 1.59. The number of ether oxygens (including phenoxy) is 1. The molecule has 1 fully saturated rings. The summed E-state index contributed by atoms with van der Waals surface area (Å²) in [6.45, 7) is 1.78. The highest BCUT2D eigenvalue weighted by Gasteiger charge is 2.18. The Bertz CT molecular complexity index is 919. The fraction of sp³-hybridized carbons (Fsp3) is 0.381. The van der Waals surface area contributed by atoms with Crippen molar-refractivity contribution in [2.24, 2.45) is 0 Å². The Labute approximate surface area is 178 Å². The van der Waals surface area contributed by atoms with Crippen molar-refractivity contribution in [1.29, 1.82) is 0 Å². The van der Waals surface area contributed by atoms with E-state index < -0.39 is 10.7 Å². The van der Waals surface area contributed by atoms with Gasteiger partial charge in [0.1, 0.15) is 5.82 Å². The van der Waals surface area contributed by atoms with Crippen molar-refractivity contribution in [3.63, 3.8) is 0 Å². The first-order valence-corrected chi connectivity index (χ1v) is 10.9. The van der Waals surface area contributed by atoms with Crippen molar-refractivity contribution in [2.45, 2.75) is 25.0 Å². The molecule has 0 atom stereocenters. The van der Waals surface area contributed by atoms with Crippen LogP contribution in [0.4, 0.5) is 21.5 Å². The number of nitrogens with one attached hydrogen (secondary N) is 1. The largest absolute Gasteiger partial charge is 0.490 e. The Morgan fingerprint density at radius 3 is 2.70 bits per heavy atom. The number of nitrogens with zero attached hydrogens (tertiary/aromatic N) is 2. The number of halogens is 1. The Hall–Kier alpha value is -2.81. The monoisotopic (exact) mass is 433 g/mol. The van der Waals surface area contributed by atoms with E-state index in [-0.39, 0.29) is 23.1 Å². The van der Waals surface area contributed by atoms with Crippen LogP contribution in [0.2, 0.25) is 0 Å². The normalized spacial score (nSPS) is 13.7. The van der Waals surface area contributed by atoms with Gasteiger partial charge < -0.3 is 15.0 Å². The molecule has 0 aromatic heterocycles. The summed E-state index contributed by atoms with van der Waals surface area (Å²) in [7, 11) is 1.38. The van der Waals surface area contributed by atoms with Crippen LogP contribution in [0.3, 0.4) is 0 Å². The van der Waals surface area contributed by atoms with E-state index in [2.05, 4.69) is 10.2 Å². The van der Waals surface area contributed by atoms with E-state index in [9.17, 15) is 19.3 Å². The highest BCUT2D eigenvalue weighted by molar-refractivity contribution is 7.99. The second-order valence-corrected chi connectivity index (χ2v) is 8.00. The third kappa shape index (κ3) is 5.63. The molecule has 9 heteroatoms. The molecule has 160 valence electrons. The first-order valence-electron chi connectivity index (χ1n) is 9.71. The molecule has 1 aliphatic heterocycles. The summed E-state index contributed by atoms with van der Waals surface area (Å²) < 4.78 is 18.8. The van der Waals surface area contributed by atoms with E-state index in [0.29, 0.717) is 11.4 Å². The molecular weight excluding hydrogens is 409 g/mol. The minimum atomic E-state index is -0.494. The van der Waals surface area contributed by atoms with Crippen molar-refractivity contribution in [2.75, 3.05) is 36.2 Å². The Morgan fingerprint density at radius 2 is 2.00 bits per heavy atom. The minimum Gasteiger partial charge on any atom is -0.490 e. The highest BCUT2D eigenvalue weighted by atomic mass is 32.2. The van der Waals surface area contributed by atoms with Gasteiger partial charge in [-0.05, 0) is 49.1 Å². The lowest BCUT2D eigenvalue weighted by Crippen LogP contribution is -2.30. The number of hydrogen-bond donors (Lipinski definition) is 1. The van der Waals surface area contributed by atoms with Gasteiger partial charge >= 0.3 is 5.69 Å². The number of thioether (sulfide) groups is 1. The number of rotatable bonds is 8. The number of benzene rings is 2. The van der Waals surface area contributed by atoms with Gasteiger partial charge in [0.2, 0.25) is 5.91 Å². The van der Waals surface area contributed by atoms with Crippen LogP contribution in [-0.4, -0.2) is 36.8 Å². The van der Waals surface area contributed by atoms with Crippen LogP contribution in [0.25, 0.3) is 0 Å². The molecule has 1 saturated heterocycles. The van der Waals surface area contributed by atoms with Crippen LogP contribution in [0.1, 0.15) is 24.8 Å². The van der Waals surface area contributed by atoms with Crippen LogP contribution < -0.4 is 15.0 Å². The summed E-state index contributed by atoms with van der Waals surface area (Å²) in [6.07, 6.45) is 3.34. The molecule has 2 aromatic carbocycles. The van der Waals surface area contributed by atoms with Crippen molar-refractivity contribution < 1.29 is 18.8 Å². The number of methoxy groups -OCH3 is 1. The molecule has 0 radical (unpaired) electrons. The van der Waals surface area contributed by atoms with E-state index in [1.54, 1.807) is 18.2 Å². The molecule has 0 aliphatic carbocycles. The van der Waals surface area contributed by atoms with E-state index in [4.69, 9.17) is 4.74 Å². The van der Waals surface area contributed by atoms with Crippen molar-refractivity contribution >= 4 is 34.7 Å². The third-order valence-electron chi connectivity index (χ3n) is 4.87. The lowest BCUT2D eigenvalue weighted by Gasteiger charge is -2.30. The zero-order valence-electron chi connectivity index (χ0n) is 16.7. The van der Waals surface area contributed by atoms with Gasteiger partial charge in [-0.25, -0.2) is 4.39 Å². The summed E-state index contributed by atoms with van der Waals surface area (Å²) >= 11 is 1.33. The van der Waals surface area contributed by atoms with Crippen LogP contribution in [0.15, 0.2) is 36.4 Å². The predicted molar refractivity (Wildman–Crippen MR) is 117 cm³/mol. The molecule has 0 unspecified atom stereocenters. The standard InChI is InChI=1S/C21H24FN3O4S/c1-29-20-8-5-15(11-19(20)25(27)28)13-30-14-21(26)23-17-12-16(22)6-7-18(17)24-9-3-2-4-10-24/h5-8,11-12H,2-4,9-10,13-14H2,1H3,(H,23,26). The van der Waals surface area contributed by atoms with Gasteiger partial charge in [0, 0.05) is 24.9 Å². The van der Waals surface area contributed by atoms with Crippen LogP contribution >= 0.6 is 11.8 Å². The zero-order chi connectivity index (χ0) is 21.5. The fourth-order valence-corrected chi connectivity index (χ4v) is 4.21. The number of carbonyl (C=O) groups is 1. The smallest absolute Gasteiger partial charge is 0.311 e. The highest BCUT2D eigenvalue weighted by Crippen LogP contribution is 2.31. The Kier molecular flexibility index (Phi) is 7.51. The summed E-state index contributed by atoms with van der Waals surface area (Å²) in [6, 6.07) is 9.19. The molecule has 0 spiro atoms. The summed E-state index contributed by atoms with van der Waals surface area (Å²) in [5.74, 6) is 0.134. The summed E-state index contributed by atoms with van der Waals surface area (Å²) in [5, 5.41) is 13.9. The zero-order valence-corrected chi connectivity index (χ0v) is 17.5. The van der Waals surface area contributed by atoms with Gasteiger partial charge in [-0.1, -0.05) is 6.07 Å². The van der Waals surface area contributed by atoms with Gasteiger partial charge in [0.15, 0.2) is 5.75 Å². The minimum absolute atomic E-state index is 0.106. The van der Waals surface area contributed by atoms with Gasteiger partial charge in [-0.2, -0.15) is 0 Å². The molecule has 30 heavy (non-hydrogen) atoms. The SMILES string of the molecule is COc1ccc(CSCC(=O)Nc2cc(F)ccc2N2CCCCC2)cc1[N+](=O)[O-]. The van der Waals surface area contributed by atoms with Crippen molar-refractivity contribution in [3.8, 4) is 5.75 Å². The molecule has 3 rings (SSSR count). The van der Waals surface area contributed by atoms with Crippen molar-refractivity contribution in [3.05, 3.63) is 57.9 Å². The lowest BCUT2D eigenvalue weighted by molar-refractivity contribution is -0.385. The molecule has 1 amide bonds. The number of nitro groups is 1. The average Bonchev–Trinajstić information content (AvgIpc) is 2.74. The maximum atomic E-state index is 13.8. The number of nitro benzene ring substituents is 1. The van der Waals surface area contributed by atoms with Crippen molar-refractivity contribution in [1.82, 2.24) is 0 Å². The quantitative estimate of drug-likeness (QED) is 0.484. The molecular formula is C21H24FN3O4S. The topological polar surface area (TPSA) is 84.7 Å². The van der Waals surface area contributed by atoms with Crippen LogP contribution in [0.5, 0.6) is 5.75 Å². The van der Waals surface area contributed by atoms with Gasteiger partial charge in [-0.15, -0.1) is 11.8 Å². The number of amides is 1. The predicted octanol–water partition coefficient (Wildman–Crippen LogP) is 4.60. The van der Waals surface area contributed by atoms with Crippen LogP contribution in [0, 0.1) is 15.9 Å². The first-order chi connectivity index (χ1) is 14.5. The number of carbonyl (C=O) groups excluding carboxylic acids is 1. The second kappa shape index (κ2) is 10.3. The van der Waals surface area contributed by atoms with Gasteiger partial charge in [0.05, 0.1) is 29.2 Å². The first kappa shape index (κ1) is 21.9. The Morgan fingerprint density at radius 1 is 1.23 bits per heavy atom. The van der Waals surface area contributed by atoms with Gasteiger partial charge in [-0.3, -0.25) is 14.9 Å². The van der Waals surface area contributed by atoms with E-state index in [1.807, 2.05) is 0 Å². The number of hydrogen-bond acceptors (Lipinski definition) is 6. The third-order valence-corrected chi connectivity index (χ3v) is 5.88. The van der Waals surface area contributed by atoms with E-state index in [1.165, 1.54) is 43.5 Å². The molecule has 7 nitrogen and oxygen atoms in total. The summed E-state index contributed by atoms with van der Waals surface area (Å²) in [5.41, 5.74) is 1.92. The second-order valence-electron chi connectivity index (χ2n) is 7.01. The van der Waals surface area contributed by atoms with E-state index in [0.717, 1.165) is 37.2 Å². The maximum absolute atomic E-state index is 13.8. The molecule has 0 bridgehead atoms. The average molecular weight is 434 g/mol. The molecule has 1 N–H and O–H groups in total. The van der Waals surface area contributed by atoms with Gasteiger partial charge in [0.25, 0.3) is 0 Å². The lowest BCUT2D eigenvalue weighted by atomic mass is 10.1. The number of piperidine rings is 1. The molecule has 0 saturated carbocycles. The summed E-state index contributed by atoms with van der Waals surface area (Å²) in [4.78, 5) is 25.2. The molecule has 2 aromatic rings. The fourth-order valence-electron chi connectivity index (χ4n) is 3.43. The van der Waals surface area contributed by atoms with E-state index >= 15 is 0 Å². The molecule has 1 heterocycles. The number of anilines is 2.